The maximum Gasteiger partial charge on any atom is 0.435 e. The molecular weight excluding hydrogens is 221 g/mol. The molecule has 88 valence electrons. The fourth-order valence-corrected chi connectivity index (χ4v) is 1.55. The Morgan fingerprint density at radius 1 is 1.31 bits per heavy atom. The van der Waals surface area contributed by atoms with E-state index in [1.165, 1.54) is 6.07 Å². The molecule has 0 spiro atoms. The minimum atomic E-state index is -4.43. The second-order valence-corrected chi connectivity index (χ2v) is 3.64. The number of hydrogen-bond acceptors (Lipinski definition) is 4. The molecule has 1 aromatic rings. The molecule has 16 heavy (non-hydrogen) atoms. The predicted octanol–water partition coefficient (Wildman–Crippen LogP) is 1.27. The van der Waals surface area contributed by atoms with Crippen LogP contribution in [0.3, 0.4) is 0 Å². The Kier molecular flexibility index (Phi) is 2.95. The van der Waals surface area contributed by atoms with Crippen molar-refractivity contribution in [3.05, 3.63) is 17.8 Å². The lowest BCUT2D eigenvalue weighted by molar-refractivity contribution is -0.141. The molecule has 0 radical (unpaired) electrons. The van der Waals surface area contributed by atoms with Crippen LogP contribution in [0.4, 0.5) is 19.0 Å². The van der Waals surface area contributed by atoms with Crippen LogP contribution in [-0.4, -0.2) is 29.3 Å². The summed E-state index contributed by atoms with van der Waals surface area (Å²) in [5, 5.41) is 12.8. The summed E-state index contributed by atoms with van der Waals surface area (Å²) in [5.41, 5.74) is -0.970. The van der Waals surface area contributed by atoms with Gasteiger partial charge in [0.2, 0.25) is 0 Å². The summed E-state index contributed by atoms with van der Waals surface area (Å²) in [6.07, 6.45) is -3.50. The van der Waals surface area contributed by atoms with Crippen LogP contribution in [0.25, 0.3) is 0 Å². The summed E-state index contributed by atoms with van der Waals surface area (Å²) in [7, 11) is 0. The zero-order valence-electron chi connectivity index (χ0n) is 8.38. The van der Waals surface area contributed by atoms with Crippen LogP contribution in [0.15, 0.2) is 12.1 Å². The van der Waals surface area contributed by atoms with Crippen LogP contribution in [0, 0.1) is 0 Å². The molecule has 1 aromatic heterocycles. The highest BCUT2D eigenvalue weighted by Gasteiger charge is 2.32. The molecule has 0 aromatic carbocycles. The Morgan fingerprint density at radius 3 is 2.62 bits per heavy atom. The Bertz CT molecular complexity index is 343. The largest absolute Gasteiger partial charge is 0.435 e. The molecule has 2 rings (SSSR count). The van der Waals surface area contributed by atoms with Gasteiger partial charge in [0.1, 0.15) is 5.82 Å². The van der Waals surface area contributed by atoms with Gasteiger partial charge in [0.15, 0.2) is 5.69 Å². The summed E-state index contributed by atoms with van der Waals surface area (Å²) in [5.74, 6) is 0.377. The van der Waals surface area contributed by atoms with Crippen LogP contribution >= 0.6 is 0 Å². The van der Waals surface area contributed by atoms with Gasteiger partial charge in [-0.25, -0.2) is 0 Å². The molecule has 7 heteroatoms. The maximum atomic E-state index is 12.2. The molecule has 4 nitrogen and oxygen atoms in total. The molecule has 1 aliphatic heterocycles. The first-order chi connectivity index (χ1) is 7.55. The third-order valence-corrected chi connectivity index (χ3v) is 2.37. The monoisotopic (exact) mass is 232 g/mol. The lowest BCUT2D eigenvalue weighted by atomic mass is 10.2. The second kappa shape index (κ2) is 4.25. The van der Waals surface area contributed by atoms with Crippen LogP contribution in [-0.2, 0) is 6.18 Å². The lowest BCUT2D eigenvalue weighted by Crippen LogP contribution is -2.23. The van der Waals surface area contributed by atoms with E-state index in [2.05, 4.69) is 20.8 Å². The Balaban J connectivity index is 2.01. The summed E-state index contributed by atoms with van der Waals surface area (Å²) in [6.45, 7) is 1.70. The molecule has 1 aliphatic rings. The Hall–Kier alpha value is -1.37. The molecule has 0 bridgehead atoms. The van der Waals surface area contributed by atoms with Crippen molar-refractivity contribution in [3.8, 4) is 0 Å². The van der Waals surface area contributed by atoms with Gasteiger partial charge in [-0.15, -0.1) is 10.2 Å². The quantitative estimate of drug-likeness (QED) is 0.806. The van der Waals surface area contributed by atoms with Gasteiger partial charge in [-0.1, -0.05) is 0 Å². The van der Waals surface area contributed by atoms with Gasteiger partial charge < -0.3 is 10.6 Å². The van der Waals surface area contributed by atoms with Crippen molar-refractivity contribution in [3.63, 3.8) is 0 Å². The van der Waals surface area contributed by atoms with Crippen LogP contribution in [0.1, 0.15) is 12.1 Å². The van der Waals surface area contributed by atoms with E-state index in [4.69, 9.17) is 0 Å². The number of nitrogens with zero attached hydrogens (tertiary/aromatic N) is 2. The first-order valence-electron chi connectivity index (χ1n) is 4.94. The predicted molar refractivity (Wildman–Crippen MR) is 51.9 cm³/mol. The third kappa shape index (κ3) is 2.60. The second-order valence-electron chi connectivity index (χ2n) is 3.64. The number of anilines is 1. The summed E-state index contributed by atoms with van der Waals surface area (Å²) in [6, 6.07) is 2.44. The van der Waals surface area contributed by atoms with E-state index < -0.39 is 11.9 Å². The van der Waals surface area contributed by atoms with Crippen molar-refractivity contribution in [2.24, 2.45) is 0 Å². The number of aromatic nitrogens is 2. The van der Waals surface area contributed by atoms with Crippen molar-refractivity contribution in [2.75, 3.05) is 18.4 Å². The highest BCUT2D eigenvalue weighted by molar-refractivity contribution is 5.35. The fourth-order valence-electron chi connectivity index (χ4n) is 1.55. The first-order valence-corrected chi connectivity index (χ1v) is 4.94. The van der Waals surface area contributed by atoms with E-state index in [0.29, 0.717) is 5.82 Å². The SMILES string of the molecule is FC(F)(F)c1ccc(NC2CCNC2)nn1. The van der Waals surface area contributed by atoms with E-state index in [1.807, 2.05) is 0 Å². The summed E-state index contributed by atoms with van der Waals surface area (Å²) in [4.78, 5) is 0. The molecule has 0 saturated carbocycles. The summed E-state index contributed by atoms with van der Waals surface area (Å²) < 4.78 is 36.6. The van der Waals surface area contributed by atoms with Gasteiger partial charge in [0, 0.05) is 12.6 Å². The molecule has 1 atom stereocenters. The Morgan fingerprint density at radius 2 is 2.12 bits per heavy atom. The Labute approximate surface area is 90.3 Å². The third-order valence-electron chi connectivity index (χ3n) is 2.37. The molecular formula is C9H11F3N4. The summed E-state index contributed by atoms with van der Waals surface area (Å²) >= 11 is 0. The van der Waals surface area contributed by atoms with Crippen molar-refractivity contribution in [1.82, 2.24) is 15.5 Å². The molecule has 1 saturated heterocycles. The van der Waals surface area contributed by atoms with Crippen molar-refractivity contribution >= 4 is 5.82 Å². The van der Waals surface area contributed by atoms with Crippen molar-refractivity contribution < 1.29 is 13.2 Å². The van der Waals surface area contributed by atoms with Crippen molar-refractivity contribution in [2.45, 2.75) is 18.6 Å². The van der Waals surface area contributed by atoms with E-state index in [1.54, 1.807) is 0 Å². The van der Waals surface area contributed by atoms with E-state index in [-0.39, 0.29) is 6.04 Å². The smallest absolute Gasteiger partial charge is 0.365 e. The van der Waals surface area contributed by atoms with Gasteiger partial charge in [-0.05, 0) is 25.1 Å². The molecule has 0 amide bonds. The van der Waals surface area contributed by atoms with Gasteiger partial charge >= 0.3 is 6.18 Å². The van der Waals surface area contributed by atoms with Crippen LogP contribution in [0.2, 0.25) is 0 Å². The topological polar surface area (TPSA) is 49.8 Å². The molecule has 2 heterocycles. The zero-order chi connectivity index (χ0) is 11.6. The van der Waals surface area contributed by atoms with Gasteiger partial charge in [-0.3, -0.25) is 0 Å². The van der Waals surface area contributed by atoms with Crippen molar-refractivity contribution in [1.29, 1.82) is 0 Å². The highest BCUT2D eigenvalue weighted by atomic mass is 19.4. The van der Waals surface area contributed by atoms with Gasteiger partial charge in [-0.2, -0.15) is 13.2 Å². The van der Waals surface area contributed by atoms with Crippen LogP contribution < -0.4 is 10.6 Å². The number of nitrogens with one attached hydrogen (secondary N) is 2. The minimum absolute atomic E-state index is 0.214. The molecule has 2 N–H and O–H groups in total. The number of halogens is 3. The van der Waals surface area contributed by atoms with Crippen LogP contribution in [0.5, 0.6) is 0 Å². The normalized spacial score (nSPS) is 21.1. The number of hydrogen-bond donors (Lipinski definition) is 2. The molecule has 0 aliphatic carbocycles. The first kappa shape index (κ1) is 11.1. The highest BCUT2D eigenvalue weighted by Crippen LogP contribution is 2.27. The lowest BCUT2D eigenvalue weighted by Gasteiger charge is -2.11. The zero-order valence-corrected chi connectivity index (χ0v) is 8.38. The number of rotatable bonds is 2. The van der Waals surface area contributed by atoms with E-state index >= 15 is 0 Å². The van der Waals surface area contributed by atoms with E-state index in [0.717, 1.165) is 25.6 Å². The van der Waals surface area contributed by atoms with Gasteiger partial charge in [0.25, 0.3) is 0 Å². The average Bonchev–Trinajstić information content (AvgIpc) is 2.70. The average molecular weight is 232 g/mol. The van der Waals surface area contributed by atoms with E-state index in [9.17, 15) is 13.2 Å². The minimum Gasteiger partial charge on any atom is -0.365 e. The molecule has 1 unspecified atom stereocenters. The fraction of sp³-hybridized carbons (Fsp3) is 0.556. The van der Waals surface area contributed by atoms with Gasteiger partial charge in [0.05, 0.1) is 0 Å². The maximum absolute atomic E-state index is 12.2. The molecule has 1 fully saturated rings. The standard InChI is InChI=1S/C9H11F3N4/c10-9(11,12)7-1-2-8(16-15-7)14-6-3-4-13-5-6/h1-2,6,13H,3-5H2,(H,14,16). The number of alkyl halides is 3.